The summed E-state index contributed by atoms with van der Waals surface area (Å²) in [5, 5.41) is 2.15. The lowest BCUT2D eigenvalue weighted by Gasteiger charge is -2.34. The molecule has 0 radical (unpaired) electrons. The van der Waals surface area contributed by atoms with Crippen molar-refractivity contribution in [2.24, 2.45) is 5.92 Å². The van der Waals surface area contributed by atoms with Crippen LogP contribution < -0.4 is 0 Å². The minimum absolute atomic E-state index is 0.178. The van der Waals surface area contributed by atoms with Crippen LogP contribution in [0.2, 0.25) is 0 Å². The SMILES string of the molecule is CCN(Cc1csc(C(C)=O)c1)CC1CCN(CCc2ccccc2C)CC1. The molecule has 2 heterocycles. The normalized spacial score (nSPS) is 16.0. The number of piperidine rings is 1. The van der Waals surface area contributed by atoms with Crippen LogP contribution in [-0.4, -0.2) is 48.3 Å². The molecule has 3 rings (SSSR count). The Labute approximate surface area is 174 Å². The molecule has 1 aliphatic rings. The van der Waals surface area contributed by atoms with Gasteiger partial charge in [0.15, 0.2) is 5.78 Å². The maximum Gasteiger partial charge on any atom is 0.169 e. The van der Waals surface area contributed by atoms with E-state index in [9.17, 15) is 4.79 Å². The number of nitrogens with zero attached hydrogens (tertiary/aromatic N) is 2. The van der Waals surface area contributed by atoms with Gasteiger partial charge in [-0.15, -0.1) is 11.3 Å². The minimum Gasteiger partial charge on any atom is -0.303 e. The Kier molecular flexibility index (Phi) is 7.83. The predicted octanol–water partition coefficient (Wildman–Crippen LogP) is 5.04. The Morgan fingerprint density at radius 3 is 2.64 bits per heavy atom. The molecule has 1 aromatic heterocycles. The second-order valence-electron chi connectivity index (χ2n) is 8.16. The van der Waals surface area contributed by atoms with Gasteiger partial charge in [0, 0.05) is 19.6 Å². The van der Waals surface area contributed by atoms with Crippen molar-refractivity contribution < 1.29 is 4.79 Å². The Morgan fingerprint density at radius 2 is 2.00 bits per heavy atom. The lowest BCUT2D eigenvalue weighted by Crippen LogP contribution is -2.39. The summed E-state index contributed by atoms with van der Waals surface area (Å²) in [5.74, 6) is 0.970. The summed E-state index contributed by atoms with van der Waals surface area (Å²) in [7, 11) is 0. The minimum atomic E-state index is 0.178. The molecule has 1 saturated heterocycles. The molecule has 0 N–H and O–H groups in total. The van der Waals surface area contributed by atoms with Crippen molar-refractivity contribution in [3.05, 3.63) is 57.3 Å². The summed E-state index contributed by atoms with van der Waals surface area (Å²) in [6, 6.07) is 10.8. The first-order valence-corrected chi connectivity index (χ1v) is 11.5. The third kappa shape index (κ3) is 6.00. The van der Waals surface area contributed by atoms with Crippen molar-refractivity contribution in [1.82, 2.24) is 9.80 Å². The maximum absolute atomic E-state index is 11.5. The Bertz CT molecular complexity index is 761. The Hall–Kier alpha value is -1.49. The summed E-state index contributed by atoms with van der Waals surface area (Å²) < 4.78 is 0. The maximum atomic E-state index is 11.5. The van der Waals surface area contributed by atoms with E-state index in [4.69, 9.17) is 0 Å². The highest BCUT2D eigenvalue weighted by Crippen LogP contribution is 2.22. The van der Waals surface area contributed by atoms with E-state index in [1.807, 2.05) is 0 Å². The van der Waals surface area contributed by atoms with Crippen molar-refractivity contribution in [1.29, 1.82) is 0 Å². The average molecular weight is 399 g/mol. The van der Waals surface area contributed by atoms with Crippen molar-refractivity contribution in [3.63, 3.8) is 0 Å². The van der Waals surface area contributed by atoms with Crippen LogP contribution in [-0.2, 0) is 13.0 Å². The average Bonchev–Trinajstić information content (AvgIpc) is 3.17. The molecule has 1 aromatic carbocycles. The molecule has 0 saturated carbocycles. The zero-order valence-electron chi connectivity index (χ0n) is 17.6. The van der Waals surface area contributed by atoms with Gasteiger partial charge in [0.05, 0.1) is 4.88 Å². The van der Waals surface area contributed by atoms with Gasteiger partial charge >= 0.3 is 0 Å². The summed E-state index contributed by atoms with van der Waals surface area (Å²) in [4.78, 5) is 17.6. The van der Waals surface area contributed by atoms with E-state index >= 15 is 0 Å². The number of rotatable bonds is 9. The molecule has 0 unspecified atom stereocenters. The smallest absolute Gasteiger partial charge is 0.169 e. The van der Waals surface area contributed by atoms with Crippen molar-refractivity contribution in [3.8, 4) is 0 Å². The number of thiophene rings is 1. The Balaban J connectivity index is 1.42. The van der Waals surface area contributed by atoms with Gasteiger partial charge in [0.1, 0.15) is 0 Å². The molecular weight excluding hydrogens is 364 g/mol. The number of Topliss-reactive ketones (excluding diaryl/α,β-unsaturated/α-hetero) is 1. The van der Waals surface area contributed by atoms with Crippen LogP contribution in [0.1, 0.15) is 53.1 Å². The second kappa shape index (κ2) is 10.3. The highest BCUT2D eigenvalue weighted by molar-refractivity contribution is 7.12. The van der Waals surface area contributed by atoms with Gasteiger partial charge in [-0.2, -0.15) is 0 Å². The Morgan fingerprint density at radius 1 is 1.25 bits per heavy atom. The molecular formula is C24H34N2OS. The summed E-state index contributed by atoms with van der Waals surface area (Å²) in [6.07, 6.45) is 3.76. The summed E-state index contributed by atoms with van der Waals surface area (Å²) in [6.45, 7) is 12.9. The zero-order valence-corrected chi connectivity index (χ0v) is 18.4. The van der Waals surface area contributed by atoms with Crippen LogP contribution in [0, 0.1) is 12.8 Å². The van der Waals surface area contributed by atoms with Crippen molar-refractivity contribution >= 4 is 17.1 Å². The lowest BCUT2D eigenvalue weighted by molar-refractivity contribution is 0.102. The topological polar surface area (TPSA) is 23.6 Å². The summed E-state index contributed by atoms with van der Waals surface area (Å²) in [5.41, 5.74) is 4.19. The fourth-order valence-electron chi connectivity index (χ4n) is 4.13. The first-order chi connectivity index (χ1) is 13.5. The van der Waals surface area contributed by atoms with Crippen LogP contribution in [0.25, 0.3) is 0 Å². The van der Waals surface area contributed by atoms with Crippen molar-refractivity contribution in [2.45, 2.75) is 46.6 Å². The quantitative estimate of drug-likeness (QED) is 0.553. The summed E-state index contributed by atoms with van der Waals surface area (Å²) >= 11 is 1.58. The molecule has 152 valence electrons. The van der Waals surface area contributed by atoms with E-state index in [-0.39, 0.29) is 5.78 Å². The number of hydrogen-bond acceptors (Lipinski definition) is 4. The van der Waals surface area contributed by atoms with Crippen LogP contribution >= 0.6 is 11.3 Å². The van der Waals surface area contributed by atoms with Gasteiger partial charge < -0.3 is 4.90 Å². The number of hydrogen-bond donors (Lipinski definition) is 0. The molecule has 0 amide bonds. The monoisotopic (exact) mass is 398 g/mol. The molecule has 0 spiro atoms. The van der Waals surface area contributed by atoms with E-state index < -0.39 is 0 Å². The molecule has 3 nitrogen and oxygen atoms in total. The van der Waals surface area contributed by atoms with Crippen LogP contribution in [0.3, 0.4) is 0 Å². The van der Waals surface area contributed by atoms with Gasteiger partial charge in [-0.25, -0.2) is 0 Å². The van der Waals surface area contributed by atoms with Gasteiger partial charge in [0.25, 0.3) is 0 Å². The van der Waals surface area contributed by atoms with E-state index in [1.165, 1.54) is 55.7 Å². The number of carbonyl (C=O) groups is 1. The van der Waals surface area contributed by atoms with E-state index in [0.717, 1.165) is 30.3 Å². The third-order valence-corrected chi connectivity index (χ3v) is 7.12. The molecule has 2 aromatic rings. The van der Waals surface area contributed by atoms with Crippen molar-refractivity contribution in [2.75, 3.05) is 32.7 Å². The zero-order chi connectivity index (χ0) is 19.9. The van der Waals surface area contributed by atoms with E-state index in [1.54, 1.807) is 18.3 Å². The molecule has 1 fully saturated rings. The largest absolute Gasteiger partial charge is 0.303 e. The van der Waals surface area contributed by atoms with Crippen LogP contribution in [0.5, 0.6) is 0 Å². The highest BCUT2D eigenvalue weighted by Gasteiger charge is 2.21. The number of carbonyl (C=O) groups excluding carboxylic acids is 1. The molecule has 4 heteroatoms. The first kappa shape index (κ1) is 21.2. The predicted molar refractivity (Wildman–Crippen MR) is 119 cm³/mol. The molecule has 28 heavy (non-hydrogen) atoms. The highest BCUT2D eigenvalue weighted by atomic mass is 32.1. The number of likely N-dealkylation sites (tertiary alicyclic amines) is 1. The fraction of sp³-hybridized carbons (Fsp3) is 0.542. The third-order valence-electron chi connectivity index (χ3n) is 6.04. The first-order valence-electron chi connectivity index (χ1n) is 10.6. The molecule has 0 bridgehead atoms. The second-order valence-corrected chi connectivity index (χ2v) is 9.08. The van der Waals surface area contributed by atoms with E-state index in [0.29, 0.717) is 0 Å². The molecule has 0 aliphatic carbocycles. The van der Waals surface area contributed by atoms with Crippen LogP contribution in [0.15, 0.2) is 35.7 Å². The van der Waals surface area contributed by atoms with Gasteiger partial charge in [-0.1, -0.05) is 31.2 Å². The standard InChI is InChI=1S/C24H34N2OS/c1-4-25(17-22-15-24(20(3)27)28-18-22)16-21-9-12-26(13-10-21)14-11-23-8-6-5-7-19(23)2/h5-8,15,18,21H,4,9-14,16-17H2,1-3H3. The molecule has 1 aliphatic heterocycles. The van der Waals surface area contributed by atoms with Gasteiger partial charge in [-0.05, 0) is 86.8 Å². The van der Waals surface area contributed by atoms with Gasteiger partial charge in [-0.3, -0.25) is 9.69 Å². The van der Waals surface area contributed by atoms with Crippen LogP contribution in [0.4, 0.5) is 0 Å². The van der Waals surface area contributed by atoms with E-state index in [2.05, 4.69) is 59.4 Å². The number of aryl methyl sites for hydroxylation is 1. The van der Waals surface area contributed by atoms with Gasteiger partial charge in [0.2, 0.25) is 0 Å². The fourth-order valence-corrected chi connectivity index (χ4v) is 4.94. The molecule has 0 atom stereocenters. The number of ketones is 1. The lowest BCUT2D eigenvalue weighted by atomic mass is 9.95. The number of benzene rings is 1.